The van der Waals surface area contributed by atoms with E-state index in [-0.39, 0.29) is 21.7 Å². The van der Waals surface area contributed by atoms with E-state index in [9.17, 15) is 28.7 Å². The van der Waals surface area contributed by atoms with Gasteiger partial charge in [-0.2, -0.15) is 0 Å². The summed E-state index contributed by atoms with van der Waals surface area (Å²) < 4.78 is 19.5. The van der Waals surface area contributed by atoms with E-state index in [1.54, 1.807) is 0 Å². The van der Waals surface area contributed by atoms with E-state index in [1.165, 1.54) is 0 Å². The summed E-state index contributed by atoms with van der Waals surface area (Å²) in [6.07, 6.45) is 0. The molecule has 0 saturated carbocycles. The summed E-state index contributed by atoms with van der Waals surface area (Å²) >= 11 is 4.46. The van der Waals surface area contributed by atoms with Gasteiger partial charge in [-0.15, -0.1) is 11.6 Å². The van der Waals surface area contributed by atoms with Gasteiger partial charge in [-0.25, -0.2) is 0 Å². The zero-order chi connectivity index (χ0) is 8.58. The number of hydrogen-bond donors (Lipinski definition) is 0. The SMILES string of the molecule is O=P([O-])([O-])C(Cl)P(=O)([O-])[O-].[Ti+4]. The molecule has 0 N–H and O–H groups in total. The third-order valence-electron chi connectivity index (χ3n) is 0.522. The Morgan fingerprint density at radius 2 is 1.18 bits per heavy atom. The van der Waals surface area contributed by atoms with Gasteiger partial charge in [0, 0.05) is 0 Å². The molecule has 0 aromatic rings. The van der Waals surface area contributed by atoms with Gasteiger partial charge < -0.3 is 28.7 Å². The first kappa shape index (κ1) is 14.8. The van der Waals surface area contributed by atoms with Gasteiger partial charge in [-0.3, -0.25) is 0 Å². The normalized spacial score (nSPS) is 12.9. The van der Waals surface area contributed by atoms with Crippen LogP contribution < -0.4 is 19.6 Å². The number of hydrogen-bond acceptors (Lipinski definition) is 6. The molecule has 0 rings (SSSR count). The maximum absolute atomic E-state index is 9.75. The Morgan fingerprint density at radius 1 is 1.00 bits per heavy atom. The van der Waals surface area contributed by atoms with Crippen molar-refractivity contribution >= 4 is 26.8 Å². The molecule has 0 spiro atoms. The van der Waals surface area contributed by atoms with Crippen molar-refractivity contribution in [3.05, 3.63) is 0 Å². The van der Waals surface area contributed by atoms with Crippen LogP contribution in [0.2, 0.25) is 0 Å². The van der Waals surface area contributed by atoms with Gasteiger partial charge in [-0.05, 0) is 15.2 Å². The largest absolute Gasteiger partial charge is 4.00 e. The molecular formula is CHClO6P2Ti. The fourth-order valence-corrected chi connectivity index (χ4v) is 1.56. The van der Waals surface area contributed by atoms with Gasteiger partial charge in [-0.1, -0.05) is 0 Å². The van der Waals surface area contributed by atoms with Crippen LogP contribution in [0.25, 0.3) is 0 Å². The van der Waals surface area contributed by atoms with Gasteiger partial charge in [0.05, 0.1) is 4.86 Å². The fraction of sp³-hybridized carbons (Fsp3) is 1.00. The molecule has 0 aliphatic carbocycles. The molecule has 6 nitrogen and oxygen atoms in total. The Bertz CT molecular complexity index is 183. The second kappa shape index (κ2) is 4.52. The van der Waals surface area contributed by atoms with Crippen molar-refractivity contribution in [2.24, 2.45) is 0 Å². The number of halogens is 1. The molecule has 62 valence electrons. The van der Waals surface area contributed by atoms with Crippen molar-refractivity contribution in [2.75, 3.05) is 0 Å². The molecule has 0 aliphatic heterocycles. The first-order valence-electron chi connectivity index (χ1n) is 1.83. The van der Waals surface area contributed by atoms with Gasteiger partial charge in [0.2, 0.25) is 0 Å². The van der Waals surface area contributed by atoms with Crippen molar-refractivity contribution in [1.29, 1.82) is 0 Å². The van der Waals surface area contributed by atoms with Crippen molar-refractivity contribution in [1.82, 2.24) is 0 Å². The minimum atomic E-state index is -5.50. The quantitative estimate of drug-likeness (QED) is 0.300. The molecule has 0 heterocycles. The molecular weight excluding hydrogens is 253 g/mol. The molecule has 0 fully saturated rings. The molecule has 0 bridgehead atoms. The van der Waals surface area contributed by atoms with E-state index in [1.807, 2.05) is 0 Å². The molecule has 0 aromatic heterocycles. The Hall–Kier alpha value is 1.30. The Kier molecular flexibility index (Phi) is 6.08. The molecule has 10 heteroatoms. The van der Waals surface area contributed by atoms with E-state index < -0.39 is 20.1 Å². The minimum absolute atomic E-state index is 0. The molecule has 0 amide bonds. The molecule has 0 radical (unpaired) electrons. The second-order valence-corrected chi connectivity index (χ2v) is 6.03. The van der Waals surface area contributed by atoms with Crippen LogP contribution in [0.1, 0.15) is 0 Å². The first-order valence-corrected chi connectivity index (χ1v) is 5.49. The van der Waals surface area contributed by atoms with E-state index in [0.717, 1.165) is 0 Å². The molecule has 0 aliphatic rings. The smallest absolute Gasteiger partial charge is 0.809 e. The van der Waals surface area contributed by atoms with Gasteiger partial charge in [0.15, 0.2) is 0 Å². The third-order valence-corrected chi connectivity index (χ3v) is 4.70. The molecule has 0 saturated heterocycles. The van der Waals surface area contributed by atoms with E-state index in [4.69, 9.17) is 0 Å². The van der Waals surface area contributed by atoms with Crippen LogP contribution in [0.15, 0.2) is 0 Å². The average molecular weight is 254 g/mol. The number of alkyl halides is 1. The van der Waals surface area contributed by atoms with Crippen molar-refractivity contribution in [3.8, 4) is 0 Å². The minimum Gasteiger partial charge on any atom is -0.809 e. The van der Waals surface area contributed by atoms with Gasteiger partial charge in [0.25, 0.3) is 0 Å². The van der Waals surface area contributed by atoms with E-state index in [0.29, 0.717) is 0 Å². The number of rotatable bonds is 2. The summed E-state index contributed by atoms with van der Waals surface area (Å²) in [5.74, 6) is 0. The molecule has 0 unspecified atom stereocenters. The fourth-order valence-electron chi connectivity index (χ4n) is 0.173. The standard InChI is InChI=1S/CH5ClO6P2.Ti/c2-1(9(3,4)5)10(6,7)8;/h1H,(H2,3,4,5)(H2,6,7,8);/q;+4/p-4. The predicted octanol–water partition coefficient (Wildman–Crippen LogP) is -2.67. The molecule has 11 heavy (non-hydrogen) atoms. The average Bonchev–Trinajstić information content (AvgIpc) is 1.59. The van der Waals surface area contributed by atoms with Crippen LogP contribution >= 0.6 is 26.8 Å². The topological polar surface area (TPSA) is 126 Å². The Labute approximate surface area is 82.2 Å². The summed E-state index contributed by atoms with van der Waals surface area (Å²) in [7, 11) is -11.0. The summed E-state index contributed by atoms with van der Waals surface area (Å²) in [5.41, 5.74) is 0. The van der Waals surface area contributed by atoms with Crippen LogP contribution in [-0.4, -0.2) is 4.86 Å². The molecule has 0 atom stereocenters. The summed E-state index contributed by atoms with van der Waals surface area (Å²) in [5, 5.41) is 0. The van der Waals surface area contributed by atoms with Crippen LogP contribution in [0, 0.1) is 0 Å². The predicted molar refractivity (Wildman–Crippen MR) is 24.9 cm³/mol. The van der Waals surface area contributed by atoms with Crippen molar-refractivity contribution in [2.45, 2.75) is 4.86 Å². The van der Waals surface area contributed by atoms with E-state index in [2.05, 4.69) is 11.6 Å². The zero-order valence-corrected chi connectivity index (χ0v) is 8.91. The van der Waals surface area contributed by atoms with Crippen LogP contribution in [0.5, 0.6) is 0 Å². The second-order valence-electron chi connectivity index (χ2n) is 1.39. The van der Waals surface area contributed by atoms with Crippen molar-refractivity contribution in [3.63, 3.8) is 0 Å². The van der Waals surface area contributed by atoms with E-state index >= 15 is 0 Å². The summed E-state index contributed by atoms with van der Waals surface area (Å²) in [6, 6.07) is 0. The van der Waals surface area contributed by atoms with Crippen LogP contribution in [-0.2, 0) is 30.8 Å². The maximum Gasteiger partial charge on any atom is 4.00 e. The van der Waals surface area contributed by atoms with Gasteiger partial charge in [0.1, 0.15) is 0 Å². The summed E-state index contributed by atoms with van der Waals surface area (Å²) in [4.78, 5) is 36.1. The monoisotopic (exact) mass is 254 g/mol. The Morgan fingerprint density at radius 3 is 1.18 bits per heavy atom. The maximum atomic E-state index is 9.75. The van der Waals surface area contributed by atoms with Crippen molar-refractivity contribution < 1.29 is 50.4 Å². The first-order chi connectivity index (χ1) is 4.15. The van der Waals surface area contributed by atoms with Crippen LogP contribution in [0.3, 0.4) is 0 Å². The summed E-state index contributed by atoms with van der Waals surface area (Å²) in [6.45, 7) is 0. The Balaban J connectivity index is 0. The molecule has 0 aromatic carbocycles. The third kappa shape index (κ3) is 5.53. The zero-order valence-electron chi connectivity index (χ0n) is 4.80. The van der Waals surface area contributed by atoms with Crippen LogP contribution in [0.4, 0.5) is 0 Å². The van der Waals surface area contributed by atoms with Gasteiger partial charge >= 0.3 is 21.7 Å².